The van der Waals surface area contributed by atoms with Crippen LogP contribution in [0.15, 0.2) is 47.4 Å². The van der Waals surface area contributed by atoms with Crippen molar-refractivity contribution in [2.24, 2.45) is 0 Å². The van der Waals surface area contributed by atoms with E-state index >= 15 is 0 Å². The Morgan fingerprint density at radius 3 is 2.67 bits per heavy atom. The maximum absolute atomic E-state index is 13.2. The molecule has 5 nitrogen and oxygen atoms in total. The van der Waals surface area contributed by atoms with Gasteiger partial charge in [-0.15, -0.1) is 0 Å². The molecule has 108 valence electrons. The fourth-order valence-electron chi connectivity index (χ4n) is 1.70. The Morgan fingerprint density at radius 1 is 1.24 bits per heavy atom. The molecule has 0 spiro atoms. The zero-order valence-electron chi connectivity index (χ0n) is 10.7. The molecule has 2 aromatic rings. The second kappa shape index (κ2) is 5.91. The number of rotatable bonds is 4. The minimum atomic E-state index is -3.94. The lowest BCUT2D eigenvalue weighted by Crippen LogP contribution is -2.13. The van der Waals surface area contributed by atoms with E-state index in [-0.39, 0.29) is 22.8 Å². The van der Waals surface area contributed by atoms with Gasteiger partial charge in [-0.1, -0.05) is 12.1 Å². The molecule has 2 rings (SSSR count). The molecule has 0 aliphatic rings. The Bertz CT molecular complexity index is 813. The van der Waals surface area contributed by atoms with Crippen molar-refractivity contribution in [3.05, 3.63) is 59.4 Å². The van der Waals surface area contributed by atoms with Crippen LogP contribution in [0, 0.1) is 17.1 Å². The summed E-state index contributed by atoms with van der Waals surface area (Å²) < 4.78 is 39.9. The van der Waals surface area contributed by atoms with Gasteiger partial charge >= 0.3 is 0 Å². The number of aliphatic hydroxyl groups is 1. The Labute approximate surface area is 121 Å². The number of aliphatic hydroxyl groups excluding tert-OH is 1. The molecule has 2 N–H and O–H groups in total. The van der Waals surface area contributed by atoms with E-state index in [1.807, 2.05) is 0 Å². The van der Waals surface area contributed by atoms with Gasteiger partial charge in [-0.05, 0) is 35.9 Å². The van der Waals surface area contributed by atoms with E-state index in [9.17, 15) is 12.8 Å². The molecule has 21 heavy (non-hydrogen) atoms. The lowest BCUT2D eigenvalue weighted by atomic mass is 10.2. The molecule has 0 bridgehead atoms. The van der Waals surface area contributed by atoms with E-state index in [0.29, 0.717) is 5.56 Å². The SMILES string of the molecule is N#Cc1cc(S(=O)(=O)Nc2cccc(CO)c2)ccc1F. The zero-order chi connectivity index (χ0) is 15.5. The minimum Gasteiger partial charge on any atom is -0.392 e. The molecule has 0 radical (unpaired) electrons. The van der Waals surface area contributed by atoms with Crippen molar-refractivity contribution >= 4 is 15.7 Å². The molecule has 0 aliphatic heterocycles. The fraction of sp³-hybridized carbons (Fsp3) is 0.0714. The lowest BCUT2D eigenvalue weighted by Gasteiger charge is -2.09. The topological polar surface area (TPSA) is 90.2 Å². The first-order chi connectivity index (χ1) is 9.96. The summed E-state index contributed by atoms with van der Waals surface area (Å²) in [5.41, 5.74) is 0.471. The van der Waals surface area contributed by atoms with E-state index < -0.39 is 15.8 Å². The number of nitrogens with one attached hydrogen (secondary N) is 1. The van der Waals surface area contributed by atoms with Crippen LogP contribution in [0.1, 0.15) is 11.1 Å². The summed E-state index contributed by atoms with van der Waals surface area (Å²) in [7, 11) is -3.94. The normalized spacial score (nSPS) is 10.9. The number of nitrogens with zero attached hydrogens (tertiary/aromatic N) is 1. The van der Waals surface area contributed by atoms with Crippen LogP contribution < -0.4 is 4.72 Å². The van der Waals surface area contributed by atoms with Crippen LogP contribution in [0.2, 0.25) is 0 Å². The van der Waals surface area contributed by atoms with Gasteiger partial charge in [0.2, 0.25) is 0 Å². The van der Waals surface area contributed by atoms with Crippen molar-refractivity contribution in [2.75, 3.05) is 4.72 Å². The summed E-state index contributed by atoms with van der Waals surface area (Å²) in [6, 6.07) is 10.8. The third-order valence-corrected chi connectivity index (χ3v) is 4.11. The van der Waals surface area contributed by atoms with Gasteiger partial charge in [-0.2, -0.15) is 5.26 Å². The maximum atomic E-state index is 13.2. The number of sulfonamides is 1. The lowest BCUT2D eigenvalue weighted by molar-refractivity contribution is 0.282. The van der Waals surface area contributed by atoms with Gasteiger partial charge in [-0.3, -0.25) is 4.72 Å². The van der Waals surface area contributed by atoms with Crippen LogP contribution >= 0.6 is 0 Å². The molecule has 0 aromatic heterocycles. The average molecular weight is 306 g/mol. The van der Waals surface area contributed by atoms with E-state index in [2.05, 4.69) is 4.72 Å². The van der Waals surface area contributed by atoms with Crippen molar-refractivity contribution in [3.63, 3.8) is 0 Å². The van der Waals surface area contributed by atoms with Crippen LogP contribution in [0.4, 0.5) is 10.1 Å². The molecule has 0 amide bonds. The van der Waals surface area contributed by atoms with Crippen molar-refractivity contribution in [2.45, 2.75) is 11.5 Å². The van der Waals surface area contributed by atoms with Gasteiger partial charge in [0.05, 0.1) is 17.1 Å². The number of halogens is 1. The first-order valence-electron chi connectivity index (χ1n) is 5.88. The molecular formula is C14H11FN2O3S. The maximum Gasteiger partial charge on any atom is 0.261 e. The quantitative estimate of drug-likeness (QED) is 0.904. The second-order valence-corrected chi connectivity index (χ2v) is 5.90. The minimum absolute atomic E-state index is 0.213. The standard InChI is InChI=1S/C14H11FN2O3S/c15-14-5-4-13(7-11(14)8-16)21(19,20)17-12-3-1-2-10(6-12)9-18/h1-7,17-18H,9H2. The molecular weight excluding hydrogens is 295 g/mol. The Hall–Kier alpha value is -2.43. The largest absolute Gasteiger partial charge is 0.392 e. The van der Waals surface area contributed by atoms with E-state index in [0.717, 1.165) is 18.2 Å². The van der Waals surface area contributed by atoms with Crippen molar-refractivity contribution in [1.82, 2.24) is 0 Å². The predicted molar refractivity (Wildman–Crippen MR) is 74.3 cm³/mol. The summed E-state index contributed by atoms with van der Waals surface area (Å²) >= 11 is 0. The Balaban J connectivity index is 2.36. The summed E-state index contributed by atoms with van der Waals surface area (Å²) in [4.78, 5) is -0.213. The molecule has 0 fully saturated rings. The second-order valence-electron chi connectivity index (χ2n) is 4.22. The van der Waals surface area contributed by atoms with Gasteiger partial charge in [0.15, 0.2) is 0 Å². The third kappa shape index (κ3) is 3.37. The van der Waals surface area contributed by atoms with Crippen LogP contribution in [0.5, 0.6) is 0 Å². The zero-order valence-corrected chi connectivity index (χ0v) is 11.6. The highest BCUT2D eigenvalue weighted by molar-refractivity contribution is 7.92. The molecule has 0 heterocycles. The van der Waals surface area contributed by atoms with Crippen molar-refractivity contribution in [3.8, 4) is 6.07 Å². The van der Waals surface area contributed by atoms with E-state index in [1.54, 1.807) is 18.2 Å². The molecule has 0 saturated heterocycles. The van der Waals surface area contributed by atoms with Crippen LogP contribution in [0.25, 0.3) is 0 Å². The van der Waals surface area contributed by atoms with Gasteiger partial charge in [-0.25, -0.2) is 12.8 Å². The molecule has 0 aliphatic carbocycles. The summed E-state index contributed by atoms with van der Waals surface area (Å²) in [5.74, 6) is -0.779. The van der Waals surface area contributed by atoms with Gasteiger partial charge in [0, 0.05) is 5.69 Å². The molecule has 0 atom stereocenters. The third-order valence-electron chi connectivity index (χ3n) is 2.73. The molecule has 0 unspecified atom stereocenters. The van der Waals surface area contributed by atoms with Crippen LogP contribution in [-0.2, 0) is 16.6 Å². The summed E-state index contributed by atoms with van der Waals surface area (Å²) in [5, 5.41) is 17.8. The molecule has 7 heteroatoms. The highest BCUT2D eigenvalue weighted by Gasteiger charge is 2.16. The highest BCUT2D eigenvalue weighted by Crippen LogP contribution is 2.19. The Kier molecular flexibility index (Phi) is 4.21. The van der Waals surface area contributed by atoms with Crippen LogP contribution in [0.3, 0.4) is 0 Å². The number of hydrogen-bond acceptors (Lipinski definition) is 4. The van der Waals surface area contributed by atoms with Crippen molar-refractivity contribution in [1.29, 1.82) is 5.26 Å². The van der Waals surface area contributed by atoms with Gasteiger partial charge < -0.3 is 5.11 Å². The summed E-state index contributed by atoms with van der Waals surface area (Å²) in [6.45, 7) is -0.218. The van der Waals surface area contributed by atoms with E-state index in [1.165, 1.54) is 12.1 Å². The first kappa shape index (κ1) is 15.0. The number of anilines is 1. The van der Waals surface area contributed by atoms with E-state index in [4.69, 9.17) is 10.4 Å². The van der Waals surface area contributed by atoms with Crippen molar-refractivity contribution < 1.29 is 17.9 Å². The number of nitriles is 1. The molecule has 0 saturated carbocycles. The first-order valence-corrected chi connectivity index (χ1v) is 7.37. The Morgan fingerprint density at radius 2 is 2.00 bits per heavy atom. The predicted octanol–water partition coefficient (Wildman–Crippen LogP) is 1.99. The molecule has 2 aromatic carbocycles. The summed E-state index contributed by atoms with van der Waals surface area (Å²) in [6.07, 6.45) is 0. The van der Waals surface area contributed by atoms with Crippen LogP contribution in [-0.4, -0.2) is 13.5 Å². The number of benzene rings is 2. The highest BCUT2D eigenvalue weighted by atomic mass is 32.2. The number of hydrogen-bond donors (Lipinski definition) is 2. The van der Waals surface area contributed by atoms with Gasteiger partial charge in [0.25, 0.3) is 10.0 Å². The smallest absolute Gasteiger partial charge is 0.261 e. The average Bonchev–Trinajstić information content (AvgIpc) is 2.47. The van der Waals surface area contributed by atoms with Gasteiger partial charge in [0.1, 0.15) is 11.9 Å². The fourth-order valence-corrected chi connectivity index (χ4v) is 2.78. The monoisotopic (exact) mass is 306 g/mol.